The molecule has 0 spiro atoms. The first-order valence-electron chi connectivity index (χ1n) is 25.7. The third-order valence-electron chi connectivity index (χ3n) is 11.3. The molecule has 0 aliphatic carbocycles. The van der Waals surface area contributed by atoms with Crippen LogP contribution in [0, 0.1) is 0 Å². The second-order valence-electron chi connectivity index (χ2n) is 17.2. The Kier molecular flexibility index (Phi) is 51.8. The topological polar surface area (TPSA) is 124 Å². The van der Waals surface area contributed by atoms with E-state index in [0.717, 1.165) is 24.8 Å². The van der Waals surface area contributed by atoms with Crippen molar-refractivity contribution in [3.8, 4) is 5.75 Å². The number of aliphatic hydroxyl groups excluding tert-OH is 2. The fourth-order valence-corrected chi connectivity index (χ4v) is 7.31. The molecule has 0 aromatic heterocycles. The summed E-state index contributed by atoms with van der Waals surface area (Å²) in [4.78, 5) is 21.2. The van der Waals surface area contributed by atoms with Gasteiger partial charge in [0.1, 0.15) is 5.75 Å². The molecule has 2 aromatic carbocycles. The van der Waals surface area contributed by atoms with Crippen molar-refractivity contribution in [1.29, 1.82) is 0 Å². The van der Waals surface area contributed by atoms with Gasteiger partial charge in [0.25, 0.3) is 0 Å². The SMILES string of the molecule is CCCCCCCCCCCCCCCCCC(=O)O.CCCCCCCCCCCCCCCCCCCCCCO.COC(=O)c1ccc(O)cc1.OCc1ccccc1. The molecule has 0 amide bonds. The lowest BCUT2D eigenvalue weighted by Gasteiger charge is -2.03. The molecule has 0 atom stereocenters. The Balaban J connectivity index is 0. The highest BCUT2D eigenvalue weighted by molar-refractivity contribution is 5.89. The number of carbonyl (C=O) groups is 2. The van der Waals surface area contributed by atoms with Crippen LogP contribution in [0.4, 0.5) is 0 Å². The van der Waals surface area contributed by atoms with E-state index in [2.05, 4.69) is 18.6 Å². The van der Waals surface area contributed by atoms with E-state index >= 15 is 0 Å². The van der Waals surface area contributed by atoms with Crippen molar-refractivity contribution in [1.82, 2.24) is 0 Å². The number of methoxy groups -OCH3 is 1. The highest BCUT2D eigenvalue weighted by atomic mass is 16.5. The molecule has 0 saturated heterocycles. The second-order valence-corrected chi connectivity index (χ2v) is 17.2. The molecule has 4 N–H and O–H groups in total. The number of hydrogen-bond acceptors (Lipinski definition) is 6. The fraction of sp³-hybridized carbons (Fsp3) is 0.745. The van der Waals surface area contributed by atoms with Gasteiger partial charge in [-0.15, -0.1) is 0 Å². The monoisotopic (exact) mass is 871 g/mol. The van der Waals surface area contributed by atoms with Crippen LogP contribution in [0.2, 0.25) is 0 Å². The lowest BCUT2D eigenvalue weighted by molar-refractivity contribution is -0.137. The Morgan fingerprint density at radius 3 is 1.00 bits per heavy atom. The van der Waals surface area contributed by atoms with E-state index in [9.17, 15) is 9.59 Å². The molecule has 0 heterocycles. The summed E-state index contributed by atoms with van der Waals surface area (Å²) in [6.07, 6.45) is 48.3. The summed E-state index contributed by atoms with van der Waals surface area (Å²) >= 11 is 0. The summed E-state index contributed by atoms with van der Waals surface area (Å²) in [6, 6.07) is 15.4. The Morgan fingerprint density at radius 2 is 0.742 bits per heavy atom. The Labute approximate surface area is 382 Å². The van der Waals surface area contributed by atoms with Crippen LogP contribution < -0.4 is 0 Å². The van der Waals surface area contributed by atoms with Crippen LogP contribution in [0.5, 0.6) is 5.75 Å². The van der Waals surface area contributed by atoms with Crippen LogP contribution >= 0.6 is 0 Å². The van der Waals surface area contributed by atoms with Gasteiger partial charge in [0.15, 0.2) is 0 Å². The number of aliphatic carboxylic acids is 1. The Bertz CT molecular complexity index is 1130. The molecule has 0 unspecified atom stereocenters. The number of esters is 1. The summed E-state index contributed by atoms with van der Waals surface area (Å²) in [5.74, 6) is -0.914. The van der Waals surface area contributed by atoms with Crippen LogP contribution in [-0.4, -0.2) is 46.1 Å². The fourth-order valence-electron chi connectivity index (χ4n) is 7.31. The normalized spacial score (nSPS) is 10.5. The number of aliphatic hydroxyl groups is 2. The van der Waals surface area contributed by atoms with E-state index in [4.69, 9.17) is 20.4 Å². The smallest absolute Gasteiger partial charge is 0.337 e. The number of carboxylic acids is 1. The van der Waals surface area contributed by atoms with Crippen molar-refractivity contribution in [3.05, 3.63) is 65.7 Å². The van der Waals surface area contributed by atoms with E-state index in [1.165, 1.54) is 237 Å². The number of benzene rings is 2. The van der Waals surface area contributed by atoms with Crippen LogP contribution in [0.1, 0.15) is 261 Å². The van der Waals surface area contributed by atoms with Gasteiger partial charge in [-0.1, -0.05) is 256 Å². The number of hydrogen-bond donors (Lipinski definition) is 4. The van der Waals surface area contributed by atoms with Gasteiger partial charge >= 0.3 is 11.9 Å². The summed E-state index contributed by atoms with van der Waals surface area (Å²) in [5, 5.41) is 34.6. The number of phenolic OH excluding ortho intramolecular Hbond substituents is 1. The van der Waals surface area contributed by atoms with E-state index in [1.807, 2.05) is 30.3 Å². The minimum Gasteiger partial charge on any atom is -0.508 e. The van der Waals surface area contributed by atoms with Crippen LogP contribution in [0.3, 0.4) is 0 Å². The maximum atomic E-state index is 10.8. The van der Waals surface area contributed by atoms with Crippen molar-refractivity contribution in [2.45, 2.75) is 252 Å². The van der Waals surface area contributed by atoms with Crippen molar-refractivity contribution in [2.75, 3.05) is 13.7 Å². The zero-order valence-corrected chi connectivity index (χ0v) is 40.6. The first-order chi connectivity index (χ1) is 30.4. The van der Waals surface area contributed by atoms with Crippen LogP contribution in [0.15, 0.2) is 54.6 Å². The molecular formula is C55H98O7. The van der Waals surface area contributed by atoms with Gasteiger partial charge in [0.05, 0.1) is 19.3 Å². The van der Waals surface area contributed by atoms with E-state index in [1.54, 1.807) is 0 Å². The lowest BCUT2D eigenvalue weighted by atomic mass is 10.0. The molecule has 62 heavy (non-hydrogen) atoms. The first kappa shape index (κ1) is 61.2. The van der Waals surface area contributed by atoms with Crippen molar-refractivity contribution < 1.29 is 34.8 Å². The molecule has 0 aliphatic heterocycles. The van der Waals surface area contributed by atoms with Gasteiger partial charge in [0.2, 0.25) is 0 Å². The molecule has 0 aliphatic rings. The molecule has 360 valence electrons. The number of ether oxygens (including phenoxy) is 1. The third-order valence-corrected chi connectivity index (χ3v) is 11.3. The number of carboxylic acid groups (broad SMARTS) is 1. The number of carbonyl (C=O) groups excluding carboxylic acids is 1. The zero-order chi connectivity index (χ0) is 45.8. The molecule has 0 bridgehead atoms. The Hall–Kier alpha value is -2.90. The number of rotatable bonds is 38. The first-order valence-corrected chi connectivity index (χ1v) is 25.7. The van der Waals surface area contributed by atoms with Crippen molar-refractivity contribution >= 4 is 11.9 Å². The predicted molar refractivity (Wildman–Crippen MR) is 264 cm³/mol. The van der Waals surface area contributed by atoms with Crippen LogP contribution in [0.25, 0.3) is 0 Å². The standard InChI is InChI=1S/C22H46O.C18H36O2.C8H8O3.C7H8O/c1-2-3-4-5-6-7-8-9-10-11-12-13-14-15-16-17-18-19-20-21-22-23;1-2-3-4-5-6-7-8-9-10-11-12-13-14-15-16-17-18(19)20;1-11-8(10)6-2-4-7(9)5-3-6;8-6-7-4-2-1-3-5-7/h23H,2-22H2,1H3;2-17H2,1H3,(H,19,20);2-5,9H,1H3;1-5,8H,6H2. The molecular weight excluding hydrogens is 773 g/mol. The zero-order valence-electron chi connectivity index (χ0n) is 40.6. The maximum Gasteiger partial charge on any atom is 0.337 e. The highest BCUT2D eigenvalue weighted by Crippen LogP contribution is 2.16. The number of aromatic hydroxyl groups is 1. The van der Waals surface area contributed by atoms with Gasteiger partial charge < -0.3 is 25.2 Å². The summed E-state index contributed by atoms with van der Waals surface area (Å²) in [6.45, 7) is 5.08. The molecule has 2 aromatic rings. The lowest BCUT2D eigenvalue weighted by Crippen LogP contribution is -1.99. The quantitative estimate of drug-likeness (QED) is 0.0391. The van der Waals surface area contributed by atoms with E-state index < -0.39 is 11.9 Å². The molecule has 0 saturated carbocycles. The molecule has 0 fully saturated rings. The van der Waals surface area contributed by atoms with E-state index in [-0.39, 0.29) is 12.4 Å². The average molecular weight is 871 g/mol. The molecule has 0 radical (unpaired) electrons. The Morgan fingerprint density at radius 1 is 0.435 bits per heavy atom. The largest absolute Gasteiger partial charge is 0.508 e. The number of unbranched alkanes of at least 4 members (excludes halogenated alkanes) is 33. The summed E-state index contributed by atoms with van der Waals surface area (Å²) in [5.41, 5.74) is 1.40. The minimum absolute atomic E-state index is 0.137. The van der Waals surface area contributed by atoms with Crippen LogP contribution in [-0.2, 0) is 16.1 Å². The highest BCUT2D eigenvalue weighted by Gasteiger charge is 2.03. The van der Waals surface area contributed by atoms with Gasteiger partial charge in [-0.2, -0.15) is 0 Å². The summed E-state index contributed by atoms with van der Waals surface area (Å²) in [7, 11) is 1.31. The second kappa shape index (κ2) is 52.4. The van der Waals surface area contributed by atoms with Gasteiger partial charge in [-0.05, 0) is 42.7 Å². The molecule has 7 heteroatoms. The minimum atomic E-state index is -0.653. The van der Waals surface area contributed by atoms with Crippen molar-refractivity contribution in [3.63, 3.8) is 0 Å². The third kappa shape index (κ3) is 49.8. The van der Waals surface area contributed by atoms with Gasteiger partial charge in [0, 0.05) is 13.0 Å². The van der Waals surface area contributed by atoms with E-state index in [0.29, 0.717) is 18.6 Å². The molecule has 2 rings (SSSR count). The van der Waals surface area contributed by atoms with Gasteiger partial charge in [-0.3, -0.25) is 4.79 Å². The molecule has 7 nitrogen and oxygen atoms in total. The average Bonchev–Trinajstić information content (AvgIpc) is 3.29. The summed E-state index contributed by atoms with van der Waals surface area (Å²) < 4.78 is 4.46. The van der Waals surface area contributed by atoms with Crippen molar-refractivity contribution in [2.24, 2.45) is 0 Å². The predicted octanol–water partition coefficient (Wildman–Crippen LogP) is 16.5. The number of phenols is 1. The maximum absolute atomic E-state index is 10.8. The van der Waals surface area contributed by atoms with Gasteiger partial charge in [-0.25, -0.2) is 4.79 Å².